The largest absolute Gasteiger partial charge is 0.337 e. The average Bonchev–Trinajstić information content (AvgIpc) is 2.85. The Hall–Kier alpha value is -2.15. The topological polar surface area (TPSA) is 83.3 Å². The Bertz CT molecular complexity index is 674. The van der Waals surface area contributed by atoms with Gasteiger partial charge in [0.15, 0.2) is 5.65 Å². The van der Waals surface area contributed by atoms with E-state index in [4.69, 9.17) is 0 Å². The van der Waals surface area contributed by atoms with Crippen molar-refractivity contribution in [2.45, 2.75) is 26.7 Å². The predicted molar refractivity (Wildman–Crippen MR) is 85.0 cm³/mol. The van der Waals surface area contributed by atoms with Crippen molar-refractivity contribution in [3.8, 4) is 0 Å². The third-order valence-corrected chi connectivity index (χ3v) is 4.18. The highest BCUT2D eigenvalue weighted by Crippen LogP contribution is 2.26. The highest BCUT2D eigenvalue weighted by Gasteiger charge is 2.26. The van der Waals surface area contributed by atoms with Crippen LogP contribution in [-0.2, 0) is 0 Å². The van der Waals surface area contributed by atoms with Crippen LogP contribution in [0.4, 0.5) is 10.5 Å². The number of piperidine rings is 1. The molecule has 1 aliphatic rings. The Morgan fingerprint density at radius 1 is 1.41 bits per heavy atom. The van der Waals surface area contributed by atoms with Crippen LogP contribution in [0, 0.1) is 12.3 Å². The number of nitrogens with one attached hydrogen (secondary N) is 3. The van der Waals surface area contributed by atoms with Crippen molar-refractivity contribution in [1.29, 1.82) is 0 Å². The van der Waals surface area contributed by atoms with E-state index in [2.05, 4.69) is 33.0 Å². The molecule has 0 unspecified atom stereocenters. The minimum atomic E-state index is -0.184. The molecule has 1 aliphatic heterocycles. The van der Waals surface area contributed by atoms with E-state index in [9.17, 15) is 4.79 Å². The van der Waals surface area contributed by atoms with Gasteiger partial charge in [-0.3, -0.25) is 0 Å². The molecule has 1 fully saturated rings. The SMILES string of the molecule is Cc1nc2ccc(NC(=O)NCC3(C)CCNCC3)cn2n1. The number of hydrogen-bond donors (Lipinski definition) is 3. The molecule has 7 nitrogen and oxygen atoms in total. The van der Waals surface area contributed by atoms with Crippen LogP contribution < -0.4 is 16.0 Å². The maximum absolute atomic E-state index is 12.1. The fraction of sp³-hybridized carbons (Fsp3) is 0.533. The number of pyridine rings is 1. The number of rotatable bonds is 3. The normalized spacial score (nSPS) is 17.4. The number of urea groups is 1. The van der Waals surface area contributed by atoms with E-state index in [1.807, 2.05) is 19.1 Å². The number of aryl methyl sites for hydroxylation is 1. The van der Waals surface area contributed by atoms with E-state index < -0.39 is 0 Å². The second kappa shape index (κ2) is 5.92. The van der Waals surface area contributed by atoms with Crippen molar-refractivity contribution in [2.24, 2.45) is 5.41 Å². The smallest absolute Gasteiger partial charge is 0.319 e. The van der Waals surface area contributed by atoms with Crippen LogP contribution in [0.25, 0.3) is 5.65 Å². The summed E-state index contributed by atoms with van der Waals surface area (Å²) in [5.41, 5.74) is 1.64. The zero-order valence-electron chi connectivity index (χ0n) is 13.0. The number of carbonyl (C=O) groups excluding carboxylic acids is 1. The fourth-order valence-corrected chi connectivity index (χ4v) is 2.74. The van der Waals surface area contributed by atoms with Gasteiger partial charge in [-0.1, -0.05) is 6.92 Å². The monoisotopic (exact) mass is 302 g/mol. The van der Waals surface area contributed by atoms with Gasteiger partial charge in [-0.05, 0) is 50.4 Å². The first-order valence-electron chi connectivity index (χ1n) is 7.63. The van der Waals surface area contributed by atoms with E-state index in [1.165, 1.54) is 0 Å². The summed E-state index contributed by atoms with van der Waals surface area (Å²) < 4.78 is 1.67. The number of fused-ring (bicyclic) bond motifs is 1. The summed E-state index contributed by atoms with van der Waals surface area (Å²) in [4.78, 5) is 16.3. The van der Waals surface area contributed by atoms with E-state index >= 15 is 0 Å². The summed E-state index contributed by atoms with van der Waals surface area (Å²) in [7, 11) is 0. The van der Waals surface area contributed by atoms with E-state index in [1.54, 1.807) is 10.7 Å². The van der Waals surface area contributed by atoms with Gasteiger partial charge in [0.05, 0.1) is 11.9 Å². The lowest BCUT2D eigenvalue weighted by Gasteiger charge is -2.34. The Morgan fingerprint density at radius 2 is 2.18 bits per heavy atom. The molecule has 118 valence electrons. The van der Waals surface area contributed by atoms with Crippen LogP contribution >= 0.6 is 0 Å². The third-order valence-electron chi connectivity index (χ3n) is 4.18. The number of aromatic nitrogens is 3. The molecular formula is C15H22N6O. The van der Waals surface area contributed by atoms with Crippen molar-refractivity contribution in [1.82, 2.24) is 25.2 Å². The number of nitrogens with zero attached hydrogens (tertiary/aromatic N) is 3. The first-order valence-corrected chi connectivity index (χ1v) is 7.63. The molecule has 3 heterocycles. The molecular weight excluding hydrogens is 280 g/mol. The Labute approximate surface area is 129 Å². The molecule has 3 rings (SSSR count). The van der Waals surface area contributed by atoms with Gasteiger partial charge in [-0.15, -0.1) is 0 Å². The lowest BCUT2D eigenvalue weighted by atomic mass is 9.81. The zero-order valence-corrected chi connectivity index (χ0v) is 13.0. The molecule has 0 aromatic carbocycles. The maximum atomic E-state index is 12.1. The molecule has 2 amide bonds. The van der Waals surface area contributed by atoms with Gasteiger partial charge in [0.1, 0.15) is 5.82 Å². The average molecular weight is 302 g/mol. The summed E-state index contributed by atoms with van der Waals surface area (Å²) >= 11 is 0. The Balaban J connectivity index is 1.58. The Morgan fingerprint density at radius 3 is 2.95 bits per heavy atom. The van der Waals surface area contributed by atoms with Crippen molar-refractivity contribution >= 4 is 17.4 Å². The van der Waals surface area contributed by atoms with Crippen LogP contribution in [0.5, 0.6) is 0 Å². The molecule has 0 aliphatic carbocycles. The standard InChI is InChI=1S/C15H22N6O/c1-11-18-13-4-3-12(9-21(13)20-11)19-14(22)17-10-15(2)5-7-16-8-6-15/h3-4,9,16H,5-8,10H2,1-2H3,(H2,17,19,22). The molecule has 0 saturated carbocycles. The highest BCUT2D eigenvalue weighted by molar-refractivity contribution is 5.89. The van der Waals surface area contributed by atoms with E-state index in [-0.39, 0.29) is 11.4 Å². The van der Waals surface area contributed by atoms with E-state index in [0.29, 0.717) is 18.1 Å². The van der Waals surface area contributed by atoms with Gasteiger partial charge < -0.3 is 16.0 Å². The second-order valence-electron chi connectivity index (χ2n) is 6.25. The Kier molecular flexibility index (Phi) is 3.98. The predicted octanol–water partition coefficient (Wildman–Crippen LogP) is 1.55. The van der Waals surface area contributed by atoms with Gasteiger partial charge in [-0.2, -0.15) is 5.10 Å². The lowest BCUT2D eigenvalue weighted by molar-refractivity contribution is 0.213. The molecule has 2 aromatic rings. The van der Waals surface area contributed by atoms with Crippen molar-refractivity contribution < 1.29 is 4.79 Å². The summed E-state index contributed by atoms with van der Waals surface area (Å²) in [5, 5.41) is 13.4. The second-order valence-corrected chi connectivity index (χ2v) is 6.25. The van der Waals surface area contributed by atoms with Crippen LogP contribution in [0.15, 0.2) is 18.3 Å². The minimum Gasteiger partial charge on any atom is -0.337 e. The van der Waals surface area contributed by atoms with Gasteiger partial charge in [0.25, 0.3) is 0 Å². The zero-order chi connectivity index (χ0) is 15.6. The molecule has 3 N–H and O–H groups in total. The summed E-state index contributed by atoms with van der Waals surface area (Å²) in [5.74, 6) is 0.709. The third kappa shape index (κ3) is 3.36. The molecule has 2 aromatic heterocycles. The molecule has 1 saturated heterocycles. The first kappa shape index (κ1) is 14.8. The van der Waals surface area contributed by atoms with Crippen LogP contribution in [0.1, 0.15) is 25.6 Å². The van der Waals surface area contributed by atoms with Crippen LogP contribution in [0.2, 0.25) is 0 Å². The summed E-state index contributed by atoms with van der Waals surface area (Å²) in [6.07, 6.45) is 3.93. The van der Waals surface area contributed by atoms with E-state index in [0.717, 1.165) is 31.6 Å². The highest BCUT2D eigenvalue weighted by atomic mass is 16.2. The van der Waals surface area contributed by atoms with Gasteiger partial charge >= 0.3 is 6.03 Å². The quantitative estimate of drug-likeness (QED) is 0.803. The summed E-state index contributed by atoms with van der Waals surface area (Å²) in [6, 6.07) is 3.48. The van der Waals surface area contributed by atoms with Crippen molar-refractivity contribution in [3.05, 3.63) is 24.2 Å². The summed E-state index contributed by atoms with van der Waals surface area (Å²) in [6.45, 7) is 6.78. The lowest BCUT2D eigenvalue weighted by Crippen LogP contribution is -2.44. The first-order chi connectivity index (χ1) is 10.5. The van der Waals surface area contributed by atoms with Crippen molar-refractivity contribution in [3.63, 3.8) is 0 Å². The number of carbonyl (C=O) groups is 1. The number of amides is 2. The van der Waals surface area contributed by atoms with Gasteiger partial charge in [0.2, 0.25) is 0 Å². The number of hydrogen-bond acceptors (Lipinski definition) is 4. The molecule has 0 spiro atoms. The molecule has 0 radical (unpaired) electrons. The molecule has 22 heavy (non-hydrogen) atoms. The van der Waals surface area contributed by atoms with Crippen LogP contribution in [0.3, 0.4) is 0 Å². The number of anilines is 1. The molecule has 7 heteroatoms. The molecule has 0 atom stereocenters. The van der Waals surface area contributed by atoms with Gasteiger partial charge in [0, 0.05) is 6.54 Å². The minimum absolute atomic E-state index is 0.176. The fourth-order valence-electron chi connectivity index (χ4n) is 2.74. The van der Waals surface area contributed by atoms with Crippen LogP contribution in [-0.4, -0.2) is 40.3 Å². The maximum Gasteiger partial charge on any atom is 0.319 e. The van der Waals surface area contributed by atoms with Gasteiger partial charge in [-0.25, -0.2) is 14.3 Å². The van der Waals surface area contributed by atoms with Crippen molar-refractivity contribution in [2.75, 3.05) is 25.0 Å². The molecule has 0 bridgehead atoms.